The molecule has 1 aromatic rings. The molecule has 0 radical (unpaired) electrons. The quantitative estimate of drug-likeness (QED) is 0.630. The summed E-state index contributed by atoms with van der Waals surface area (Å²) in [6.45, 7) is 1.41. The molecule has 1 aliphatic heterocycles. The van der Waals surface area contributed by atoms with Crippen LogP contribution in [0.4, 0.5) is 4.39 Å². The van der Waals surface area contributed by atoms with E-state index in [0.29, 0.717) is 12.4 Å². The highest BCUT2D eigenvalue weighted by Crippen LogP contribution is 2.21. The first-order valence-electron chi connectivity index (χ1n) is 3.91. The number of rotatable bonds is 1. The maximum absolute atomic E-state index is 12.4. The number of halogens is 1. The molecule has 0 aliphatic carbocycles. The van der Waals surface area contributed by atoms with Crippen LogP contribution < -0.4 is 0 Å². The van der Waals surface area contributed by atoms with E-state index in [1.807, 2.05) is 0 Å². The molecule has 0 saturated carbocycles. The van der Waals surface area contributed by atoms with Crippen LogP contribution in [0.3, 0.4) is 0 Å². The summed E-state index contributed by atoms with van der Waals surface area (Å²) in [7, 11) is 0. The van der Waals surface area contributed by atoms with E-state index in [1.54, 1.807) is 0 Å². The van der Waals surface area contributed by atoms with Crippen molar-refractivity contribution in [2.45, 2.75) is 12.3 Å². The van der Waals surface area contributed by atoms with Crippen molar-refractivity contribution >= 4 is 0 Å². The molecule has 0 spiro atoms. The molecule has 0 N–H and O–H groups in total. The summed E-state index contributed by atoms with van der Waals surface area (Å²) in [4.78, 5) is 7.79. The average Bonchev–Trinajstić information content (AvgIpc) is 2.58. The highest BCUT2D eigenvalue weighted by Gasteiger charge is 2.19. The minimum absolute atomic E-state index is 0.255. The first-order valence-corrected chi connectivity index (χ1v) is 3.91. The summed E-state index contributed by atoms with van der Waals surface area (Å²) < 4.78 is 17.6. The molecule has 2 heterocycles. The summed E-state index contributed by atoms with van der Waals surface area (Å²) in [6, 6.07) is 0. The van der Waals surface area contributed by atoms with Crippen LogP contribution in [0, 0.1) is 5.82 Å². The van der Waals surface area contributed by atoms with Crippen LogP contribution in [0.15, 0.2) is 12.4 Å². The number of ether oxygens (including phenoxy) is 1. The van der Waals surface area contributed by atoms with Crippen molar-refractivity contribution in [1.29, 1.82) is 0 Å². The molecule has 12 heavy (non-hydrogen) atoms. The Balaban J connectivity index is 2.17. The number of nitrogens with zero attached hydrogens (tertiary/aromatic N) is 2. The zero-order valence-electron chi connectivity index (χ0n) is 6.53. The van der Waals surface area contributed by atoms with Crippen LogP contribution in [0.25, 0.3) is 0 Å². The molecular weight excluding hydrogens is 159 g/mol. The summed E-state index contributed by atoms with van der Waals surface area (Å²) in [5.41, 5.74) is 0. The Kier molecular flexibility index (Phi) is 1.99. The van der Waals surface area contributed by atoms with Crippen molar-refractivity contribution in [2.75, 3.05) is 13.2 Å². The second kappa shape index (κ2) is 3.15. The molecule has 0 unspecified atom stereocenters. The Hall–Kier alpha value is -1.03. The molecule has 4 heteroatoms. The van der Waals surface area contributed by atoms with E-state index in [2.05, 4.69) is 9.97 Å². The molecule has 2 rings (SSSR count). The Morgan fingerprint density at radius 2 is 2.17 bits per heavy atom. The Morgan fingerprint density at radius 3 is 2.75 bits per heavy atom. The first-order chi connectivity index (χ1) is 5.86. The number of hydrogen-bond acceptors (Lipinski definition) is 3. The van der Waals surface area contributed by atoms with Crippen molar-refractivity contribution in [3.05, 3.63) is 24.0 Å². The highest BCUT2D eigenvalue weighted by molar-refractivity contribution is 4.99. The lowest BCUT2D eigenvalue weighted by Crippen LogP contribution is -2.03. The van der Waals surface area contributed by atoms with Gasteiger partial charge in [-0.05, 0) is 6.42 Å². The third-order valence-corrected chi connectivity index (χ3v) is 1.94. The zero-order valence-corrected chi connectivity index (χ0v) is 6.53. The summed E-state index contributed by atoms with van der Waals surface area (Å²) in [5.74, 6) is 0.553. The third kappa shape index (κ3) is 1.43. The predicted molar refractivity (Wildman–Crippen MR) is 40.2 cm³/mol. The third-order valence-electron chi connectivity index (χ3n) is 1.94. The molecule has 1 fully saturated rings. The fraction of sp³-hybridized carbons (Fsp3) is 0.500. The van der Waals surface area contributed by atoms with Gasteiger partial charge in [0.15, 0.2) is 5.82 Å². The normalized spacial score (nSPS) is 22.9. The van der Waals surface area contributed by atoms with Crippen LogP contribution in [0.5, 0.6) is 0 Å². The van der Waals surface area contributed by atoms with Gasteiger partial charge >= 0.3 is 0 Å². The van der Waals surface area contributed by atoms with Crippen molar-refractivity contribution in [3.63, 3.8) is 0 Å². The lowest BCUT2D eigenvalue weighted by molar-refractivity contribution is 0.193. The summed E-state index contributed by atoms with van der Waals surface area (Å²) >= 11 is 0. The number of aromatic nitrogens is 2. The van der Waals surface area contributed by atoms with E-state index in [9.17, 15) is 4.39 Å². The van der Waals surface area contributed by atoms with E-state index in [0.717, 1.165) is 13.0 Å². The smallest absolute Gasteiger partial charge is 0.159 e. The van der Waals surface area contributed by atoms with Crippen molar-refractivity contribution in [1.82, 2.24) is 9.97 Å². The predicted octanol–water partition coefficient (Wildman–Crippen LogP) is 1.12. The molecule has 1 aliphatic rings. The minimum Gasteiger partial charge on any atom is -0.381 e. The van der Waals surface area contributed by atoms with Crippen molar-refractivity contribution in [3.8, 4) is 0 Å². The summed E-state index contributed by atoms with van der Waals surface area (Å²) in [5, 5.41) is 0. The van der Waals surface area contributed by atoms with Gasteiger partial charge in [-0.2, -0.15) is 0 Å². The van der Waals surface area contributed by atoms with E-state index in [-0.39, 0.29) is 5.92 Å². The van der Waals surface area contributed by atoms with Gasteiger partial charge in [-0.15, -0.1) is 0 Å². The Morgan fingerprint density at radius 1 is 1.42 bits per heavy atom. The van der Waals surface area contributed by atoms with Crippen LogP contribution in [-0.4, -0.2) is 23.2 Å². The molecule has 1 saturated heterocycles. The Labute approximate surface area is 69.6 Å². The van der Waals surface area contributed by atoms with E-state index >= 15 is 0 Å². The van der Waals surface area contributed by atoms with Gasteiger partial charge in [0.1, 0.15) is 5.82 Å². The van der Waals surface area contributed by atoms with E-state index in [1.165, 1.54) is 12.4 Å². The van der Waals surface area contributed by atoms with Gasteiger partial charge in [0, 0.05) is 12.5 Å². The van der Waals surface area contributed by atoms with Gasteiger partial charge in [-0.3, -0.25) is 0 Å². The standard InChI is InChI=1S/C8H9FN2O/c9-7-3-10-8(11-4-7)6-1-2-12-5-6/h3-4,6H,1-2,5H2/t6-/m0/s1. The van der Waals surface area contributed by atoms with Crippen molar-refractivity contribution < 1.29 is 9.13 Å². The number of hydrogen-bond donors (Lipinski definition) is 0. The second-order valence-corrected chi connectivity index (χ2v) is 2.82. The lowest BCUT2D eigenvalue weighted by Gasteiger charge is -2.03. The van der Waals surface area contributed by atoms with E-state index in [4.69, 9.17) is 4.74 Å². The van der Waals surface area contributed by atoms with Gasteiger partial charge in [0.05, 0.1) is 19.0 Å². The van der Waals surface area contributed by atoms with Crippen LogP contribution in [0.1, 0.15) is 18.2 Å². The van der Waals surface area contributed by atoms with Crippen LogP contribution in [-0.2, 0) is 4.74 Å². The first kappa shape index (κ1) is 7.61. The monoisotopic (exact) mass is 168 g/mol. The largest absolute Gasteiger partial charge is 0.381 e. The minimum atomic E-state index is -0.391. The average molecular weight is 168 g/mol. The van der Waals surface area contributed by atoms with Crippen LogP contribution in [0.2, 0.25) is 0 Å². The molecule has 3 nitrogen and oxygen atoms in total. The van der Waals surface area contributed by atoms with Crippen LogP contribution >= 0.6 is 0 Å². The maximum atomic E-state index is 12.4. The van der Waals surface area contributed by atoms with Gasteiger partial charge in [-0.1, -0.05) is 0 Å². The van der Waals surface area contributed by atoms with Crippen molar-refractivity contribution in [2.24, 2.45) is 0 Å². The van der Waals surface area contributed by atoms with Gasteiger partial charge in [0.25, 0.3) is 0 Å². The summed E-state index contributed by atoms with van der Waals surface area (Å²) in [6.07, 6.45) is 3.33. The second-order valence-electron chi connectivity index (χ2n) is 2.82. The maximum Gasteiger partial charge on any atom is 0.159 e. The fourth-order valence-electron chi connectivity index (χ4n) is 1.27. The molecule has 0 aromatic carbocycles. The highest BCUT2D eigenvalue weighted by atomic mass is 19.1. The van der Waals surface area contributed by atoms with E-state index < -0.39 is 5.82 Å². The topological polar surface area (TPSA) is 35.0 Å². The lowest BCUT2D eigenvalue weighted by atomic mass is 10.1. The SMILES string of the molecule is Fc1cnc([C@H]2CCOC2)nc1. The fourth-order valence-corrected chi connectivity index (χ4v) is 1.27. The molecule has 0 bridgehead atoms. The molecule has 0 amide bonds. The van der Waals surface area contributed by atoms with Gasteiger partial charge < -0.3 is 4.74 Å². The Bertz CT molecular complexity index is 256. The molecular formula is C8H9FN2O. The molecule has 64 valence electrons. The zero-order chi connectivity index (χ0) is 8.39. The van der Waals surface area contributed by atoms with Gasteiger partial charge in [-0.25, -0.2) is 14.4 Å². The molecule has 1 atom stereocenters. The molecule has 1 aromatic heterocycles. The van der Waals surface area contributed by atoms with Gasteiger partial charge in [0.2, 0.25) is 0 Å².